The Morgan fingerprint density at radius 1 is 1.46 bits per heavy atom. The quantitative estimate of drug-likeness (QED) is 0.810. The maximum absolute atomic E-state index is 5.52. The summed E-state index contributed by atoms with van der Waals surface area (Å²) in [4.78, 5) is 6.27. The molecule has 1 aromatic heterocycles. The third-order valence-electron chi connectivity index (χ3n) is 2.04. The highest BCUT2D eigenvalue weighted by Crippen LogP contribution is 2.16. The molecule has 3 nitrogen and oxygen atoms in total. The minimum absolute atomic E-state index is 0.679. The molecular formula is C9H11BrN2O. The number of halogens is 1. The van der Waals surface area contributed by atoms with Crippen molar-refractivity contribution >= 4 is 15.9 Å². The monoisotopic (exact) mass is 242 g/mol. The van der Waals surface area contributed by atoms with E-state index in [0.717, 1.165) is 23.3 Å². The maximum Gasteiger partial charge on any atom is 0.142 e. The van der Waals surface area contributed by atoms with Crippen LogP contribution < -0.4 is 4.74 Å². The van der Waals surface area contributed by atoms with Gasteiger partial charge in [0.1, 0.15) is 12.5 Å². The van der Waals surface area contributed by atoms with Crippen LogP contribution in [-0.2, 0) is 0 Å². The molecule has 0 aliphatic carbocycles. The molecule has 2 rings (SSSR count). The summed E-state index contributed by atoms with van der Waals surface area (Å²) in [7, 11) is 0. The molecule has 4 heteroatoms. The summed E-state index contributed by atoms with van der Waals surface area (Å²) in [5.74, 6) is 0.821. The predicted molar refractivity (Wildman–Crippen MR) is 53.6 cm³/mol. The minimum Gasteiger partial charge on any atom is -0.476 e. The van der Waals surface area contributed by atoms with Gasteiger partial charge in [-0.25, -0.2) is 0 Å². The van der Waals surface area contributed by atoms with Gasteiger partial charge in [-0.15, -0.1) is 0 Å². The Bertz CT molecular complexity index is 289. The highest BCUT2D eigenvalue weighted by molar-refractivity contribution is 9.10. The first kappa shape index (κ1) is 8.97. The second kappa shape index (κ2) is 4.07. The molecule has 0 bridgehead atoms. The number of pyridine rings is 1. The van der Waals surface area contributed by atoms with Crippen LogP contribution in [0.1, 0.15) is 6.42 Å². The summed E-state index contributed by atoms with van der Waals surface area (Å²) in [6.07, 6.45) is 4.77. The zero-order valence-electron chi connectivity index (χ0n) is 7.24. The summed E-state index contributed by atoms with van der Waals surface area (Å²) in [5, 5.41) is 0. The summed E-state index contributed by atoms with van der Waals surface area (Å²) in [6.45, 7) is 2.99. The van der Waals surface area contributed by atoms with Crippen LogP contribution in [0.3, 0.4) is 0 Å². The van der Waals surface area contributed by atoms with Crippen LogP contribution in [-0.4, -0.2) is 29.7 Å². The Hall–Kier alpha value is -0.610. The fourth-order valence-electron chi connectivity index (χ4n) is 1.15. The number of hydrogen-bond acceptors (Lipinski definition) is 3. The van der Waals surface area contributed by atoms with E-state index in [1.165, 1.54) is 6.42 Å². The zero-order chi connectivity index (χ0) is 9.10. The van der Waals surface area contributed by atoms with Crippen molar-refractivity contribution in [3.63, 3.8) is 0 Å². The van der Waals surface area contributed by atoms with Crippen molar-refractivity contribution in [3.8, 4) is 5.75 Å². The number of ether oxygens (including phenoxy) is 1. The van der Waals surface area contributed by atoms with Gasteiger partial charge in [-0.2, -0.15) is 0 Å². The molecule has 1 aliphatic rings. The fourth-order valence-corrected chi connectivity index (χ4v) is 1.49. The molecule has 0 saturated carbocycles. The first-order valence-electron chi connectivity index (χ1n) is 4.30. The van der Waals surface area contributed by atoms with Crippen molar-refractivity contribution in [1.82, 2.24) is 9.88 Å². The number of likely N-dealkylation sites (tertiary alicyclic amines) is 1. The van der Waals surface area contributed by atoms with E-state index < -0.39 is 0 Å². The SMILES string of the molecule is Brc1cncc(OCN2CCC2)c1. The van der Waals surface area contributed by atoms with Gasteiger partial charge in [0.2, 0.25) is 0 Å². The summed E-state index contributed by atoms with van der Waals surface area (Å²) >= 11 is 3.34. The standard InChI is InChI=1S/C9H11BrN2O/c10-8-4-9(6-11-5-8)13-7-12-2-1-3-12/h4-6H,1-3,7H2. The number of aromatic nitrogens is 1. The van der Waals surface area contributed by atoms with Gasteiger partial charge in [-0.3, -0.25) is 9.88 Å². The normalized spacial score (nSPS) is 16.7. The van der Waals surface area contributed by atoms with Gasteiger partial charge in [0.15, 0.2) is 0 Å². The topological polar surface area (TPSA) is 25.4 Å². The minimum atomic E-state index is 0.679. The number of rotatable bonds is 3. The van der Waals surface area contributed by atoms with E-state index in [0.29, 0.717) is 6.73 Å². The lowest BCUT2D eigenvalue weighted by Crippen LogP contribution is -2.39. The molecule has 0 unspecified atom stereocenters. The van der Waals surface area contributed by atoms with Crippen LogP contribution in [0.5, 0.6) is 5.75 Å². The van der Waals surface area contributed by atoms with Crippen molar-refractivity contribution in [3.05, 3.63) is 22.9 Å². The van der Waals surface area contributed by atoms with Crippen LogP contribution >= 0.6 is 15.9 Å². The molecule has 1 aromatic rings. The lowest BCUT2D eigenvalue weighted by Gasteiger charge is -2.29. The van der Waals surface area contributed by atoms with E-state index in [4.69, 9.17) is 4.74 Å². The molecule has 0 aromatic carbocycles. The number of hydrogen-bond donors (Lipinski definition) is 0. The number of nitrogens with zero attached hydrogens (tertiary/aromatic N) is 2. The summed E-state index contributed by atoms with van der Waals surface area (Å²) in [6, 6.07) is 1.92. The predicted octanol–water partition coefficient (Wildman–Crippen LogP) is 1.89. The van der Waals surface area contributed by atoms with Gasteiger partial charge in [0.25, 0.3) is 0 Å². The molecule has 1 saturated heterocycles. The Labute approximate surface area is 85.8 Å². The fraction of sp³-hybridized carbons (Fsp3) is 0.444. The third-order valence-corrected chi connectivity index (χ3v) is 2.48. The molecular weight excluding hydrogens is 232 g/mol. The van der Waals surface area contributed by atoms with Crippen molar-refractivity contribution < 1.29 is 4.74 Å². The zero-order valence-corrected chi connectivity index (χ0v) is 8.83. The molecule has 0 radical (unpaired) electrons. The lowest BCUT2D eigenvalue weighted by molar-refractivity contribution is 0.0728. The lowest BCUT2D eigenvalue weighted by atomic mass is 10.2. The van der Waals surface area contributed by atoms with Gasteiger partial charge in [-0.1, -0.05) is 0 Å². The second-order valence-corrected chi connectivity index (χ2v) is 4.00. The van der Waals surface area contributed by atoms with Gasteiger partial charge in [-0.05, 0) is 28.4 Å². The Morgan fingerprint density at radius 2 is 2.31 bits per heavy atom. The van der Waals surface area contributed by atoms with E-state index in [1.54, 1.807) is 12.4 Å². The van der Waals surface area contributed by atoms with E-state index in [-0.39, 0.29) is 0 Å². The first-order valence-corrected chi connectivity index (χ1v) is 5.09. The average Bonchev–Trinajstić information content (AvgIpc) is 2.01. The van der Waals surface area contributed by atoms with Gasteiger partial charge in [0, 0.05) is 23.8 Å². The molecule has 1 fully saturated rings. The summed E-state index contributed by atoms with van der Waals surface area (Å²) < 4.78 is 6.48. The second-order valence-electron chi connectivity index (χ2n) is 3.08. The molecule has 13 heavy (non-hydrogen) atoms. The molecule has 70 valence electrons. The molecule has 0 spiro atoms. The van der Waals surface area contributed by atoms with E-state index >= 15 is 0 Å². The maximum atomic E-state index is 5.52. The largest absolute Gasteiger partial charge is 0.476 e. The summed E-state index contributed by atoms with van der Waals surface area (Å²) in [5.41, 5.74) is 0. The van der Waals surface area contributed by atoms with Crippen molar-refractivity contribution in [2.24, 2.45) is 0 Å². The van der Waals surface area contributed by atoms with E-state index in [2.05, 4.69) is 25.8 Å². The van der Waals surface area contributed by atoms with Crippen LogP contribution in [0.15, 0.2) is 22.9 Å². The van der Waals surface area contributed by atoms with Crippen LogP contribution in [0.4, 0.5) is 0 Å². The first-order chi connectivity index (χ1) is 6.34. The smallest absolute Gasteiger partial charge is 0.142 e. The third kappa shape index (κ3) is 2.42. The Kier molecular flexibility index (Phi) is 2.80. The molecule has 0 atom stereocenters. The van der Waals surface area contributed by atoms with Gasteiger partial charge < -0.3 is 4.74 Å². The van der Waals surface area contributed by atoms with Gasteiger partial charge in [0.05, 0.1) is 6.20 Å². The highest BCUT2D eigenvalue weighted by atomic mass is 79.9. The Balaban J connectivity index is 1.86. The van der Waals surface area contributed by atoms with Crippen LogP contribution in [0, 0.1) is 0 Å². The molecule has 0 N–H and O–H groups in total. The molecule has 2 heterocycles. The van der Waals surface area contributed by atoms with Crippen LogP contribution in [0.25, 0.3) is 0 Å². The van der Waals surface area contributed by atoms with Crippen molar-refractivity contribution in [1.29, 1.82) is 0 Å². The average molecular weight is 243 g/mol. The van der Waals surface area contributed by atoms with Crippen molar-refractivity contribution in [2.45, 2.75) is 6.42 Å². The van der Waals surface area contributed by atoms with Crippen LogP contribution in [0.2, 0.25) is 0 Å². The molecule has 1 aliphatic heterocycles. The van der Waals surface area contributed by atoms with E-state index in [9.17, 15) is 0 Å². The van der Waals surface area contributed by atoms with E-state index in [1.807, 2.05) is 6.07 Å². The van der Waals surface area contributed by atoms with Gasteiger partial charge >= 0.3 is 0 Å². The molecule has 0 amide bonds. The Morgan fingerprint density at radius 3 is 2.92 bits per heavy atom. The van der Waals surface area contributed by atoms with Crippen molar-refractivity contribution in [2.75, 3.05) is 19.8 Å². The highest BCUT2D eigenvalue weighted by Gasteiger charge is 2.13.